The van der Waals surface area contributed by atoms with Crippen LogP contribution in [0, 0.1) is 5.92 Å². The highest BCUT2D eigenvalue weighted by atomic mass is 32.2. The lowest BCUT2D eigenvalue weighted by molar-refractivity contribution is -0.114. The molecule has 0 saturated carbocycles. The molecule has 172 valence electrons. The fourth-order valence-corrected chi connectivity index (χ4v) is 6.48. The van der Waals surface area contributed by atoms with Gasteiger partial charge in [0.2, 0.25) is 0 Å². The van der Waals surface area contributed by atoms with Gasteiger partial charge in [-0.15, -0.1) is 11.3 Å². The van der Waals surface area contributed by atoms with Crippen molar-refractivity contribution in [2.24, 2.45) is 5.92 Å². The molecule has 1 aromatic carbocycles. The molecule has 1 saturated heterocycles. The van der Waals surface area contributed by atoms with Crippen LogP contribution in [0.4, 0.5) is 18.9 Å². The van der Waals surface area contributed by atoms with Crippen molar-refractivity contribution in [2.75, 3.05) is 31.2 Å². The fourth-order valence-electron chi connectivity index (χ4n) is 3.87. The molecule has 0 radical (unpaired) electrons. The first-order valence-corrected chi connectivity index (χ1v) is 12.4. The number of sulfonamides is 1. The molecule has 0 amide bonds. The van der Waals surface area contributed by atoms with Crippen molar-refractivity contribution in [1.29, 1.82) is 0 Å². The zero-order valence-corrected chi connectivity index (χ0v) is 19.1. The third-order valence-corrected chi connectivity index (χ3v) is 8.78. The number of halogens is 3. The van der Waals surface area contributed by atoms with Gasteiger partial charge >= 0.3 is 0 Å². The van der Waals surface area contributed by atoms with Crippen LogP contribution in [0.15, 0.2) is 46.0 Å². The number of anilines is 1. The van der Waals surface area contributed by atoms with E-state index in [2.05, 4.69) is 18.7 Å². The van der Waals surface area contributed by atoms with Gasteiger partial charge in [0.05, 0.1) is 0 Å². The van der Waals surface area contributed by atoms with E-state index >= 15 is 0 Å². The minimum absolute atomic E-state index is 0.107. The van der Waals surface area contributed by atoms with Crippen LogP contribution in [0.5, 0.6) is 0 Å². The molecule has 2 atom stereocenters. The van der Waals surface area contributed by atoms with Crippen molar-refractivity contribution in [2.45, 2.75) is 42.5 Å². The predicted molar refractivity (Wildman–Crippen MR) is 116 cm³/mol. The van der Waals surface area contributed by atoms with Crippen molar-refractivity contribution in [1.82, 2.24) is 4.31 Å². The summed E-state index contributed by atoms with van der Waals surface area (Å²) in [4.78, 5) is 2.06. The first-order chi connectivity index (χ1) is 14.6. The Balaban J connectivity index is 1.84. The van der Waals surface area contributed by atoms with Crippen molar-refractivity contribution >= 4 is 27.0 Å². The van der Waals surface area contributed by atoms with Gasteiger partial charge < -0.3 is 10.0 Å². The van der Waals surface area contributed by atoms with E-state index in [0.29, 0.717) is 29.8 Å². The van der Waals surface area contributed by atoms with E-state index in [1.54, 1.807) is 29.6 Å². The molecule has 3 rings (SSSR count). The lowest BCUT2D eigenvalue weighted by Crippen LogP contribution is -2.55. The summed E-state index contributed by atoms with van der Waals surface area (Å²) in [6.45, 7) is 3.56. The van der Waals surface area contributed by atoms with Crippen molar-refractivity contribution < 1.29 is 26.7 Å². The molecule has 31 heavy (non-hydrogen) atoms. The number of nitrogens with zero attached hydrogens (tertiary/aromatic N) is 2. The summed E-state index contributed by atoms with van der Waals surface area (Å²) in [5.41, 5.74) is -2.30. The second kappa shape index (κ2) is 9.48. The number of piperazine rings is 1. The van der Waals surface area contributed by atoms with E-state index in [0.717, 1.165) is 12.1 Å². The Hall–Kier alpha value is -1.62. The summed E-state index contributed by atoms with van der Waals surface area (Å²) in [6, 6.07) is 8.97. The summed E-state index contributed by atoms with van der Waals surface area (Å²) in [6.07, 6.45) is -2.51. The monoisotopic (exact) mass is 476 g/mol. The molecule has 1 fully saturated rings. The van der Waals surface area contributed by atoms with E-state index in [4.69, 9.17) is 0 Å². The molecule has 10 heteroatoms. The zero-order chi connectivity index (χ0) is 22.8. The summed E-state index contributed by atoms with van der Waals surface area (Å²) in [5.74, 6) is 0.312. The molecule has 1 aliphatic rings. The standard InChI is InChI=1S/C21H27F3N2O3S2/c1-15(2)12-18-13-25(31(28,29)19-4-3-11-30-19)9-10-26(18)17-7-5-16(6-8-17)21(27,14-22)20(23)24/h3-8,11,15,18,20,27H,9-10,12-14H2,1-2H3/t18-,21?/m0/s1. The number of hydrogen-bond donors (Lipinski definition) is 1. The number of benzene rings is 1. The van der Waals surface area contributed by atoms with Crippen LogP contribution in [0.1, 0.15) is 25.8 Å². The third kappa shape index (κ3) is 4.92. The Morgan fingerprint density at radius 2 is 1.87 bits per heavy atom. The lowest BCUT2D eigenvalue weighted by Gasteiger charge is -2.43. The smallest absolute Gasteiger partial charge is 0.273 e. The van der Waals surface area contributed by atoms with Crippen LogP contribution in [0.2, 0.25) is 0 Å². The lowest BCUT2D eigenvalue weighted by atomic mass is 9.94. The molecule has 2 aromatic rings. The molecule has 2 heterocycles. The molecule has 1 N–H and O–H groups in total. The maximum Gasteiger partial charge on any atom is 0.273 e. The van der Waals surface area contributed by atoms with Gasteiger partial charge in [0.15, 0.2) is 5.60 Å². The molecule has 5 nitrogen and oxygen atoms in total. The molecule has 1 unspecified atom stereocenters. The quantitative estimate of drug-likeness (QED) is 0.623. The third-order valence-electron chi connectivity index (χ3n) is 5.54. The van der Waals surface area contributed by atoms with Gasteiger partial charge in [0.25, 0.3) is 16.4 Å². The van der Waals surface area contributed by atoms with E-state index < -0.39 is 28.7 Å². The van der Waals surface area contributed by atoms with Crippen LogP contribution < -0.4 is 4.90 Å². The summed E-state index contributed by atoms with van der Waals surface area (Å²) in [5, 5.41) is 11.7. The minimum Gasteiger partial charge on any atom is -0.377 e. The van der Waals surface area contributed by atoms with Gasteiger partial charge in [-0.05, 0) is 41.5 Å². The average Bonchev–Trinajstić information content (AvgIpc) is 3.28. The van der Waals surface area contributed by atoms with Crippen molar-refractivity contribution in [3.63, 3.8) is 0 Å². The molecule has 1 aromatic heterocycles. The normalized spacial score (nSPS) is 20.4. The SMILES string of the molecule is CC(C)C[C@H]1CN(S(=O)(=O)c2cccs2)CCN1c1ccc(C(O)(CF)C(F)F)cc1. The second-order valence-corrected chi connectivity index (χ2v) is 11.3. The molecular weight excluding hydrogens is 449 g/mol. The number of aliphatic hydroxyl groups is 1. The number of hydrogen-bond acceptors (Lipinski definition) is 5. The fraction of sp³-hybridized carbons (Fsp3) is 0.524. The van der Waals surface area contributed by atoms with Crippen molar-refractivity contribution in [3.05, 3.63) is 47.3 Å². The number of alkyl halides is 3. The first kappa shape index (κ1) is 24.0. The maximum atomic E-state index is 13.1. The summed E-state index contributed by atoms with van der Waals surface area (Å²) in [7, 11) is -3.56. The zero-order valence-electron chi connectivity index (χ0n) is 17.4. The summed E-state index contributed by atoms with van der Waals surface area (Å²) >= 11 is 1.19. The molecule has 0 aliphatic carbocycles. The van der Waals surface area contributed by atoms with Crippen LogP contribution in [0.3, 0.4) is 0 Å². The Kier molecular flexibility index (Phi) is 7.35. The van der Waals surface area contributed by atoms with Gasteiger partial charge in [-0.3, -0.25) is 0 Å². The Bertz CT molecular complexity index is 953. The second-order valence-electron chi connectivity index (χ2n) is 8.18. The Labute approximate surface area is 185 Å². The van der Waals surface area contributed by atoms with Gasteiger partial charge in [0, 0.05) is 31.4 Å². The number of thiophene rings is 1. The highest BCUT2D eigenvalue weighted by Gasteiger charge is 2.40. The van der Waals surface area contributed by atoms with Gasteiger partial charge in [-0.1, -0.05) is 32.0 Å². The van der Waals surface area contributed by atoms with E-state index in [1.807, 2.05) is 0 Å². The molecule has 0 bridgehead atoms. The molecular formula is C21H27F3N2O3S2. The number of rotatable bonds is 8. The highest BCUT2D eigenvalue weighted by molar-refractivity contribution is 7.91. The van der Waals surface area contributed by atoms with Crippen molar-refractivity contribution in [3.8, 4) is 0 Å². The van der Waals surface area contributed by atoms with Crippen LogP contribution in [-0.4, -0.2) is 56.6 Å². The van der Waals surface area contributed by atoms with Gasteiger partial charge in [-0.25, -0.2) is 21.6 Å². The van der Waals surface area contributed by atoms with Crippen LogP contribution >= 0.6 is 11.3 Å². The van der Waals surface area contributed by atoms with E-state index in [9.17, 15) is 26.7 Å². The topological polar surface area (TPSA) is 60.9 Å². The van der Waals surface area contributed by atoms with Crippen LogP contribution in [-0.2, 0) is 15.6 Å². The maximum absolute atomic E-state index is 13.1. The van der Waals surface area contributed by atoms with E-state index in [-0.39, 0.29) is 11.6 Å². The summed E-state index contributed by atoms with van der Waals surface area (Å²) < 4.78 is 67.1. The highest BCUT2D eigenvalue weighted by Crippen LogP contribution is 2.33. The molecule has 1 aliphatic heterocycles. The minimum atomic E-state index is -3.56. The van der Waals surface area contributed by atoms with Crippen LogP contribution in [0.25, 0.3) is 0 Å². The Morgan fingerprint density at radius 3 is 2.39 bits per heavy atom. The predicted octanol–water partition coefficient (Wildman–Crippen LogP) is 4.10. The largest absolute Gasteiger partial charge is 0.377 e. The first-order valence-electron chi connectivity index (χ1n) is 10.1. The Morgan fingerprint density at radius 1 is 1.19 bits per heavy atom. The van der Waals surface area contributed by atoms with Gasteiger partial charge in [-0.2, -0.15) is 4.31 Å². The van der Waals surface area contributed by atoms with Gasteiger partial charge in [0.1, 0.15) is 10.9 Å². The van der Waals surface area contributed by atoms with E-state index in [1.165, 1.54) is 27.8 Å². The average molecular weight is 477 g/mol. The molecule has 0 spiro atoms.